The summed E-state index contributed by atoms with van der Waals surface area (Å²) < 4.78 is 21.8. The van der Waals surface area contributed by atoms with Gasteiger partial charge >= 0.3 is 0 Å². The van der Waals surface area contributed by atoms with Crippen molar-refractivity contribution in [3.63, 3.8) is 0 Å². The fourth-order valence-corrected chi connectivity index (χ4v) is 3.41. The molecule has 0 spiro atoms. The Morgan fingerprint density at radius 3 is 2.69 bits per heavy atom. The number of benzene rings is 1. The molecule has 29 heavy (non-hydrogen) atoms. The van der Waals surface area contributed by atoms with Gasteiger partial charge in [-0.15, -0.1) is 0 Å². The van der Waals surface area contributed by atoms with Crippen molar-refractivity contribution in [1.29, 1.82) is 0 Å². The monoisotopic (exact) mass is 398 g/mol. The molecule has 1 saturated heterocycles. The van der Waals surface area contributed by atoms with Gasteiger partial charge in [0.05, 0.1) is 44.1 Å². The van der Waals surface area contributed by atoms with Gasteiger partial charge in [0.2, 0.25) is 5.71 Å². The van der Waals surface area contributed by atoms with Crippen molar-refractivity contribution in [2.45, 2.75) is 6.92 Å². The van der Waals surface area contributed by atoms with Crippen molar-refractivity contribution in [3.8, 4) is 11.5 Å². The minimum Gasteiger partial charge on any atom is -0.497 e. The van der Waals surface area contributed by atoms with Crippen LogP contribution in [0.4, 0.5) is 11.5 Å². The summed E-state index contributed by atoms with van der Waals surface area (Å²) in [5, 5.41) is 3.49. The van der Waals surface area contributed by atoms with E-state index >= 15 is 0 Å². The quantitative estimate of drug-likeness (QED) is 0.700. The first-order valence-corrected chi connectivity index (χ1v) is 9.22. The predicted molar refractivity (Wildman–Crippen MR) is 107 cm³/mol. The van der Waals surface area contributed by atoms with E-state index in [1.807, 2.05) is 0 Å². The zero-order valence-corrected chi connectivity index (χ0v) is 16.5. The Balaban J connectivity index is 1.76. The molecule has 0 bridgehead atoms. The van der Waals surface area contributed by atoms with Gasteiger partial charge in [-0.3, -0.25) is 4.79 Å². The van der Waals surface area contributed by atoms with Crippen LogP contribution in [0.3, 0.4) is 0 Å². The van der Waals surface area contributed by atoms with Crippen LogP contribution in [0, 0.1) is 6.92 Å². The molecule has 3 heterocycles. The van der Waals surface area contributed by atoms with Crippen LogP contribution in [0.5, 0.6) is 11.5 Å². The number of nitrogens with one attached hydrogen (secondary N) is 1. The first kappa shape index (κ1) is 19.0. The molecule has 3 aromatic rings. The average molecular weight is 398 g/mol. The highest BCUT2D eigenvalue weighted by atomic mass is 16.5. The van der Waals surface area contributed by atoms with Gasteiger partial charge in [0.25, 0.3) is 5.91 Å². The molecular weight excluding hydrogens is 376 g/mol. The number of ether oxygens (including phenoxy) is 3. The Morgan fingerprint density at radius 2 is 1.97 bits per heavy atom. The van der Waals surface area contributed by atoms with Crippen LogP contribution in [-0.2, 0) is 4.74 Å². The largest absolute Gasteiger partial charge is 0.497 e. The van der Waals surface area contributed by atoms with Gasteiger partial charge in [-0.05, 0) is 19.1 Å². The lowest BCUT2D eigenvalue weighted by Crippen LogP contribution is -2.37. The normalized spacial score (nSPS) is 14.1. The summed E-state index contributed by atoms with van der Waals surface area (Å²) in [7, 11) is 3.10. The molecule has 0 radical (unpaired) electrons. The number of amides is 1. The van der Waals surface area contributed by atoms with Crippen LogP contribution in [-0.4, -0.2) is 56.4 Å². The summed E-state index contributed by atoms with van der Waals surface area (Å²) in [4.78, 5) is 24.0. The van der Waals surface area contributed by atoms with Crippen molar-refractivity contribution < 1.29 is 23.4 Å². The molecule has 1 amide bonds. The summed E-state index contributed by atoms with van der Waals surface area (Å²) in [5.41, 5.74) is 1.27. The van der Waals surface area contributed by atoms with E-state index in [9.17, 15) is 4.79 Å². The van der Waals surface area contributed by atoms with Crippen LogP contribution >= 0.6 is 0 Å². The molecule has 1 N–H and O–H groups in total. The van der Waals surface area contributed by atoms with E-state index in [0.717, 1.165) is 0 Å². The van der Waals surface area contributed by atoms with Gasteiger partial charge in [-0.2, -0.15) is 0 Å². The van der Waals surface area contributed by atoms with Crippen molar-refractivity contribution in [1.82, 2.24) is 9.97 Å². The van der Waals surface area contributed by atoms with Crippen LogP contribution in [0.15, 0.2) is 28.9 Å². The molecular formula is C20H22N4O5. The minimum absolute atomic E-state index is 0.336. The predicted octanol–water partition coefficient (Wildman–Crippen LogP) is 2.64. The molecule has 1 aliphatic rings. The van der Waals surface area contributed by atoms with Gasteiger partial charge < -0.3 is 28.8 Å². The third-order valence-electron chi connectivity index (χ3n) is 4.84. The number of anilines is 2. The summed E-state index contributed by atoms with van der Waals surface area (Å²) in [6, 6.07) is 5.20. The summed E-state index contributed by atoms with van der Waals surface area (Å²) in [6.07, 6.45) is 1.45. The molecule has 2 aromatic heterocycles. The Kier molecular flexibility index (Phi) is 5.22. The summed E-state index contributed by atoms with van der Waals surface area (Å²) in [5.74, 6) is 1.92. The zero-order valence-electron chi connectivity index (χ0n) is 16.5. The van der Waals surface area contributed by atoms with Gasteiger partial charge in [0.15, 0.2) is 0 Å². The number of hydrogen-bond acceptors (Lipinski definition) is 8. The molecule has 0 aliphatic carbocycles. The number of aryl methyl sites for hydroxylation is 1. The van der Waals surface area contributed by atoms with Gasteiger partial charge in [0, 0.05) is 19.2 Å². The van der Waals surface area contributed by atoms with Gasteiger partial charge in [0.1, 0.15) is 29.4 Å². The standard InChI is InChI=1S/C20H22N4O5/c1-12-16(19(25)23-14-10-13(26-2)4-5-15(14)27-3)17-18(21-11-22-20(17)29-12)24-6-8-28-9-7-24/h4-5,10-11H,6-9H2,1-3H3,(H,23,25). The molecule has 1 aromatic carbocycles. The zero-order chi connectivity index (χ0) is 20.4. The molecule has 152 valence electrons. The van der Waals surface area contributed by atoms with Crippen LogP contribution < -0.4 is 19.7 Å². The van der Waals surface area contributed by atoms with Crippen LogP contribution in [0.1, 0.15) is 16.1 Å². The van der Waals surface area contributed by atoms with E-state index in [2.05, 4.69) is 20.2 Å². The lowest BCUT2D eigenvalue weighted by Gasteiger charge is -2.28. The molecule has 9 heteroatoms. The second-order valence-corrected chi connectivity index (χ2v) is 6.53. The number of furan rings is 1. The highest BCUT2D eigenvalue weighted by Crippen LogP contribution is 2.34. The Bertz CT molecular complexity index is 1040. The van der Waals surface area contributed by atoms with Crippen molar-refractivity contribution in [2.24, 2.45) is 0 Å². The Hall–Kier alpha value is -3.33. The van der Waals surface area contributed by atoms with E-state index < -0.39 is 0 Å². The number of morpholine rings is 1. The SMILES string of the molecule is COc1ccc(OC)c(NC(=O)c2c(C)oc3ncnc(N4CCOCC4)c23)c1. The highest BCUT2D eigenvalue weighted by molar-refractivity contribution is 6.15. The van der Waals surface area contributed by atoms with E-state index in [0.29, 0.717) is 71.7 Å². The fourth-order valence-electron chi connectivity index (χ4n) is 3.41. The second-order valence-electron chi connectivity index (χ2n) is 6.53. The lowest BCUT2D eigenvalue weighted by atomic mass is 10.1. The number of carbonyl (C=O) groups excluding carboxylic acids is 1. The van der Waals surface area contributed by atoms with Crippen molar-refractivity contribution >= 4 is 28.5 Å². The lowest BCUT2D eigenvalue weighted by molar-refractivity contribution is 0.102. The van der Waals surface area contributed by atoms with Crippen LogP contribution in [0.2, 0.25) is 0 Å². The van der Waals surface area contributed by atoms with Crippen LogP contribution in [0.25, 0.3) is 11.1 Å². The molecule has 1 aliphatic heterocycles. The highest BCUT2D eigenvalue weighted by Gasteiger charge is 2.26. The third-order valence-corrected chi connectivity index (χ3v) is 4.84. The number of hydrogen-bond donors (Lipinski definition) is 1. The van der Waals surface area contributed by atoms with Gasteiger partial charge in [-0.1, -0.05) is 0 Å². The summed E-state index contributed by atoms with van der Waals surface area (Å²) >= 11 is 0. The van der Waals surface area contributed by atoms with E-state index in [-0.39, 0.29) is 5.91 Å². The first-order valence-electron chi connectivity index (χ1n) is 9.22. The smallest absolute Gasteiger partial charge is 0.260 e. The second kappa shape index (κ2) is 7.96. The first-order chi connectivity index (χ1) is 14.1. The average Bonchev–Trinajstić information content (AvgIpc) is 3.10. The summed E-state index contributed by atoms with van der Waals surface area (Å²) in [6.45, 7) is 4.31. The van der Waals surface area contributed by atoms with Gasteiger partial charge in [-0.25, -0.2) is 9.97 Å². The molecule has 9 nitrogen and oxygen atoms in total. The number of rotatable bonds is 5. The molecule has 0 saturated carbocycles. The number of fused-ring (bicyclic) bond motifs is 1. The van der Waals surface area contributed by atoms with Crippen molar-refractivity contribution in [2.75, 3.05) is 50.7 Å². The number of nitrogens with zero attached hydrogens (tertiary/aromatic N) is 3. The molecule has 0 unspecified atom stereocenters. The van der Waals surface area contributed by atoms with E-state index in [1.54, 1.807) is 39.3 Å². The number of aromatic nitrogens is 2. The maximum Gasteiger partial charge on any atom is 0.260 e. The molecule has 4 rings (SSSR count). The topological polar surface area (TPSA) is 99.0 Å². The van der Waals surface area contributed by atoms with E-state index in [1.165, 1.54) is 6.33 Å². The fraction of sp³-hybridized carbons (Fsp3) is 0.350. The van der Waals surface area contributed by atoms with E-state index in [4.69, 9.17) is 18.6 Å². The molecule has 1 fully saturated rings. The maximum atomic E-state index is 13.2. The number of carbonyl (C=O) groups is 1. The molecule has 0 atom stereocenters. The Labute approximate surface area is 167 Å². The third kappa shape index (κ3) is 3.56. The number of methoxy groups -OCH3 is 2. The Morgan fingerprint density at radius 1 is 1.17 bits per heavy atom. The maximum absolute atomic E-state index is 13.2. The van der Waals surface area contributed by atoms with Crippen molar-refractivity contribution in [3.05, 3.63) is 35.9 Å². The minimum atomic E-state index is -0.336.